The fourth-order valence-corrected chi connectivity index (χ4v) is 1.87. The third kappa shape index (κ3) is 4.01. The molecule has 0 radical (unpaired) electrons. The molecule has 0 bridgehead atoms. The van der Waals surface area contributed by atoms with Gasteiger partial charge in [-0.3, -0.25) is 4.79 Å². The Balaban J connectivity index is 2.92. The van der Waals surface area contributed by atoms with E-state index in [-0.39, 0.29) is 17.7 Å². The molecule has 7 nitrogen and oxygen atoms in total. The first-order chi connectivity index (χ1) is 9.94. The number of benzene rings is 1. The Labute approximate surface area is 123 Å². The van der Waals surface area contributed by atoms with Gasteiger partial charge in [-0.2, -0.15) is 0 Å². The Morgan fingerprint density at radius 3 is 2.62 bits per heavy atom. The number of hydrogen-bond acceptors (Lipinski definition) is 5. The number of nitrogens with zero attached hydrogens (tertiary/aromatic N) is 2. The zero-order chi connectivity index (χ0) is 16.0. The number of amidine groups is 1. The summed E-state index contributed by atoms with van der Waals surface area (Å²) in [4.78, 5) is 13.9. The van der Waals surface area contributed by atoms with E-state index in [1.165, 1.54) is 12.0 Å². The number of ether oxygens (including phenoxy) is 2. The van der Waals surface area contributed by atoms with Crippen LogP contribution in [0.15, 0.2) is 23.4 Å². The molecule has 0 aliphatic heterocycles. The van der Waals surface area contributed by atoms with Crippen molar-refractivity contribution in [3.63, 3.8) is 0 Å². The van der Waals surface area contributed by atoms with Gasteiger partial charge in [0.15, 0.2) is 0 Å². The molecule has 0 aliphatic carbocycles. The third-order valence-electron chi connectivity index (χ3n) is 3.15. The Bertz CT molecular complexity index is 531. The van der Waals surface area contributed by atoms with E-state index < -0.39 is 0 Å². The highest BCUT2D eigenvalue weighted by Gasteiger charge is 2.20. The van der Waals surface area contributed by atoms with Gasteiger partial charge >= 0.3 is 0 Å². The van der Waals surface area contributed by atoms with Crippen LogP contribution in [0.4, 0.5) is 0 Å². The number of rotatable bonds is 6. The van der Waals surface area contributed by atoms with Crippen LogP contribution in [-0.4, -0.2) is 49.7 Å². The van der Waals surface area contributed by atoms with E-state index >= 15 is 0 Å². The first-order valence-corrected chi connectivity index (χ1v) is 6.39. The fourth-order valence-electron chi connectivity index (χ4n) is 1.87. The van der Waals surface area contributed by atoms with Gasteiger partial charge in [0.25, 0.3) is 5.91 Å². The molecule has 1 rings (SSSR count). The summed E-state index contributed by atoms with van der Waals surface area (Å²) < 4.78 is 10.3. The Hall–Kier alpha value is -2.44. The van der Waals surface area contributed by atoms with Gasteiger partial charge in [0.1, 0.15) is 17.3 Å². The second-order valence-electron chi connectivity index (χ2n) is 4.68. The molecule has 0 saturated carbocycles. The lowest BCUT2D eigenvalue weighted by molar-refractivity contribution is 0.0782. The van der Waals surface area contributed by atoms with Gasteiger partial charge in [0.2, 0.25) is 0 Å². The topological polar surface area (TPSA) is 97.4 Å². The summed E-state index contributed by atoms with van der Waals surface area (Å²) in [6.07, 6.45) is 0. The van der Waals surface area contributed by atoms with E-state index in [4.69, 9.17) is 20.4 Å². The van der Waals surface area contributed by atoms with Crippen molar-refractivity contribution in [3.8, 4) is 11.5 Å². The van der Waals surface area contributed by atoms with E-state index in [2.05, 4.69) is 5.16 Å². The molecule has 0 spiro atoms. The van der Waals surface area contributed by atoms with Crippen LogP contribution in [-0.2, 0) is 0 Å². The van der Waals surface area contributed by atoms with Crippen molar-refractivity contribution in [3.05, 3.63) is 23.8 Å². The molecule has 0 saturated heterocycles. The standard InChI is InChI=1S/C14H21N3O4/c1-9(13(15)16-19)8-17(2)14(18)11-6-5-10(20-3)7-12(11)21-4/h5-7,9,19H,8H2,1-4H3,(H2,15,16). The maximum absolute atomic E-state index is 12.4. The van der Waals surface area contributed by atoms with Crippen LogP contribution in [0.25, 0.3) is 0 Å². The van der Waals surface area contributed by atoms with Crippen LogP contribution in [0.3, 0.4) is 0 Å². The Kier molecular flexibility index (Phi) is 5.83. The van der Waals surface area contributed by atoms with Crippen molar-refractivity contribution in [2.24, 2.45) is 16.8 Å². The lowest BCUT2D eigenvalue weighted by Gasteiger charge is -2.22. The fraction of sp³-hybridized carbons (Fsp3) is 0.429. The summed E-state index contributed by atoms with van der Waals surface area (Å²) in [6, 6.07) is 4.98. The predicted octanol–water partition coefficient (Wildman–Crippen LogP) is 1.16. The van der Waals surface area contributed by atoms with E-state index in [1.807, 2.05) is 0 Å². The maximum atomic E-state index is 12.4. The first-order valence-electron chi connectivity index (χ1n) is 6.39. The summed E-state index contributed by atoms with van der Waals surface area (Å²) in [7, 11) is 4.68. The SMILES string of the molecule is COc1ccc(C(=O)N(C)CC(C)C(N)=NO)c(OC)c1. The van der Waals surface area contributed by atoms with Crippen LogP contribution < -0.4 is 15.2 Å². The second kappa shape index (κ2) is 7.37. The van der Waals surface area contributed by atoms with Crippen molar-refractivity contribution >= 4 is 11.7 Å². The normalized spacial score (nSPS) is 12.7. The molecule has 3 N–H and O–H groups in total. The highest BCUT2D eigenvalue weighted by atomic mass is 16.5. The number of methoxy groups -OCH3 is 2. The Morgan fingerprint density at radius 1 is 1.43 bits per heavy atom. The van der Waals surface area contributed by atoms with Gasteiger partial charge < -0.3 is 25.3 Å². The third-order valence-corrected chi connectivity index (χ3v) is 3.15. The van der Waals surface area contributed by atoms with Gasteiger partial charge in [-0.25, -0.2) is 0 Å². The second-order valence-corrected chi connectivity index (χ2v) is 4.68. The average Bonchev–Trinajstić information content (AvgIpc) is 2.52. The molecule has 0 fully saturated rings. The molecule has 1 aromatic carbocycles. The van der Waals surface area contributed by atoms with Crippen molar-refractivity contribution in [1.82, 2.24) is 4.90 Å². The van der Waals surface area contributed by atoms with E-state index in [0.29, 0.717) is 23.6 Å². The van der Waals surface area contributed by atoms with Gasteiger partial charge in [0, 0.05) is 25.6 Å². The van der Waals surface area contributed by atoms with Crippen LogP contribution >= 0.6 is 0 Å². The molecule has 1 atom stereocenters. The predicted molar refractivity (Wildman–Crippen MR) is 79.1 cm³/mol. The minimum atomic E-state index is -0.256. The monoisotopic (exact) mass is 295 g/mol. The largest absolute Gasteiger partial charge is 0.497 e. The van der Waals surface area contributed by atoms with Crippen molar-refractivity contribution in [1.29, 1.82) is 0 Å². The number of carbonyl (C=O) groups excluding carboxylic acids is 1. The summed E-state index contributed by atoms with van der Waals surface area (Å²) in [5.74, 6) is 0.648. The highest BCUT2D eigenvalue weighted by molar-refractivity contribution is 5.97. The number of carbonyl (C=O) groups is 1. The number of nitrogens with two attached hydrogens (primary N) is 1. The zero-order valence-electron chi connectivity index (χ0n) is 12.7. The molecule has 1 aromatic rings. The Morgan fingerprint density at radius 2 is 2.10 bits per heavy atom. The number of hydrogen-bond donors (Lipinski definition) is 2. The van der Waals surface area contributed by atoms with Gasteiger partial charge in [0.05, 0.1) is 19.8 Å². The minimum absolute atomic E-state index is 0.0799. The summed E-state index contributed by atoms with van der Waals surface area (Å²) in [5.41, 5.74) is 5.94. The summed E-state index contributed by atoms with van der Waals surface area (Å²) in [6.45, 7) is 2.09. The zero-order valence-corrected chi connectivity index (χ0v) is 12.7. The molecule has 0 aliphatic rings. The van der Waals surface area contributed by atoms with E-state index in [1.54, 1.807) is 39.3 Å². The molecule has 0 aromatic heterocycles. The summed E-state index contributed by atoms with van der Waals surface area (Å²) >= 11 is 0. The number of oxime groups is 1. The van der Waals surface area contributed by atoms with Crippen molar-refractivity contribution < 1.29 is 19.5 Å². The van der Waals surface area contributed by atoms with Crippen LogP contribution in [0.5, 0.6) is 11.5 Å². The minimum Gasteiger partial charge on any atom is -0.497 e. The van der Waals surface area contributed by atoms with Crippen LogP contribution in [0, 0.1) is 5.92 Å². The molecule has 7 heteroatoms. The average molecular weight is 295 g/mol. The van der Waals surface area contributed by atoms with Crippen LogP contribution in [0.1, 0.15) is 17.3 Å². The molecular formula is C14H21N3O4. The molecule has 1 unspecified atom stereocenters. The lowest BCUT2D eigenvalue weighted by Crippen LogP contribution is -2.36. The van der Waals surface area contributed by atoms with E-state index in [9.17, 15) is 4.79 Å². The molecule has 1 amide bonds. The smallest absolute Gasteiger partial charge is 0.257 e. The van der Waals surface area contributed by atoms with Crippen molar-refractivity contribution in [2.45, 2.75) is 6.92 Å². The molecule has 0 heterocycles. The van der Waals surface area contributed by atoms with Gasteiger partial charge in [-0.05, 0) is 12.1 Å². The van der Waals surface area contributed by atoms with Crippen molar-refractivity contribution in [2.75, 3.05) is 27.8 Å². The highest BCUT2D eigenvalue weighted by Crippen LogP contribution is 2.25. The maximum Gasteiger partial charge on any atom is 0.257 e. The molecular weight excluding hydrogens is 274 g/mol. The van der Waals surface area contributed by atoms with Gasteiger partial charge in [-0.1, -0.05) is 12.1 Å². The number of amides is 1. The molecule has 21 heavy (non-hydrogen) atoms. The lowest BCUT2D eigenvalue weighted by atomic mass is 10.1. The molecule has 116 valence electrons. The summed E-state index contributed by atoms with van der Waals surface area (Å²) in [5, 5.41) is 11.6. The van der Waals surface area contributed by atoms with Crippen LogP contribution in [0.2, 0.25) is 0 Å². The van der Waals surface area contributed by atoms with Gasteiger partial charge in [-0.15, -0.1) is 0 Å². The van der Waals surface area contributed by atoms with E-state index in [0.717, 1.165) is 0 Å². The quantitative estimate of drug-likeness (QED) is 0.355. The first kappa shape index (κ1) is 16.6.